The van der Waals surface area contributed by atoms with Crippen LogP contribution in [-0.4, -0.2) is 12.4 Å². The van der Waals surface area contributed by atoms with Crippen LogP contribution in [-0.2, 0) is 0 Å². The highest BCUT2D eigenvalue weighted by Crippen LogP contribution is 2.36. The fourth-order valence-electron chi connectivity index (χ4n) is 1.57. The Hall–Kier alpha value is 0.330. The molecule has 0 unspecified atom stereocenters. The van der Waals surface area contributed by atoms with Gasteiger partial charge in [-0.25, -0.2) is 0 Å². The van der Waals surface area contributed by atoms with Gasteiger partial charge in [0.25, 0.3) is 0 Å². The van der Waals surface area contributed by atoms with Crippen LogP contribution in [0.15, 0.2) is 27.1 Å². The van der Waals surface area contributed by atoms with Crippen LogP contribution in [0, 0.1) is 5.41 Å². The van der Waals surface area contributed by atoms with Gasteiger partial charge in [0.2, 0.25) is 0 Å². The fourth-order valence-corrected chi connectivity index (χ4v) is 3.33. The van der Waals surface area contributed by atoms with Gasteiger partial charge in [-0.15, -0.1) is 0 Å². The maximum Gasteiger partial charge on any atom is 0.147 e. The summed E-state index contributed by atoms with van der Waals surface area (Å²) in [6.07, 6.45) is 2.16. The third-order valence-electron chi connectivity index (χ3n) is 3.28. The highest BCUT2D eigenvalue weighted by molar-refractivity contribution is 9.11. The van der Waals surface area contributed by atoms with E-state index < -0.39 is 0 Å². The normalized spacial score (nSPS) is 11.6. The van der Waals surface area contributed by atoms with Crippen LogP contribution < -0.4 is 4.74 Å². The van der Waals surface area contributed by atoms with Gasteiger partial charge in [-0.05, 0) is 62.6 Å². The minimum absolute atomic E-state index is 0.165. The Morgan fingerprint density at radius 2 is 1.71 bits per heavy atom. The molecular formula is C13H18Br2OS. The van der Waals surface area contributed by atoms with Gasteiger partial charge in [0, 0.05) is 5.41 Å². The van der Waals surface area contributed by atoms with Gasteiger partial charge in [-0.1, -0.05) is 19.9 Å². The number of hydrogen-bond donors (Lipinski definition) is 1. The summed E-state index contributed by atoms with van der Waals surface area (Å²) in [7, 11) is 0. The Morgan fingerprint density at radius 1 is 1.18 bits per heavy atom. The molecule has 1 rings (SSSR count). The number of rotatable bonds is 6. The van der Waals surface area contributed by atoms with E-state index >= 15 is 0 Å². The first-order chi connectivity index (χ1) is 8.08. The molecule has 0 bridgehead atoms. The average molecular weight is 382 g/mol. The first-order valence-corrected chi connectivity index (χ1v) is 7.98. The Balaban J connectivity index is 2.79. The molecule has 0 heterocycles. The Bertz CT molecular complexity index is 336. The molecule has 1 aromatic rings. The van der Waals surface area contributed by atoms with Crippen LogP contribution in [0.5, 0.6) is 5.75 Å². The second-order valence-corrected chi connectivity index (χ2v) is 6.23. The smallest absolute Gasteiger partial charge is 0.147 e. The molecule has 0 aliphatic rings. The molecule has 17 heavy (non-hydrogen) atoms. The zero-order chi connectivity index (χ0) is 12.9. The minimum Gasteiger partial charge on any atom is -0.491 e. The van der Waals surface area contributed by atoms with Crippen LogP contribution in [0.4, 0.5) is 0 Å². The predicted octanol–water partition coefficient (Wildman–Crippen LogP) is 5.33. The number of hydrogen-bond acceptors (Lipinski definition) is 2. The van der Waals surface area contributed by atoms with E-state index in [9.17, 15) is 0 Å². The summed E-state index contributed by atoms with van der Waals surface area (Å²) < 4.78 is 7.92. The molecule has 1 nitrogen and oxygen atoms in total. The molecular weight excluding hydrogens is 364 g/mol. The molecule has 0 aromatic heterocycles. The first kappa shape index (κ1) is 15.4. The van der Waals surface area contributed by atoms with Gasteiger partial charge >= 0.3 is 0 Å². The molecule has 0 atom stereocenters. The van der Waals surface area contributed by atoms with E-state index in [1.165, 1.54) is 0 Å². The van der Waals surface area contributed by atoms with E-state index in [1.807, 2.05) is 18.2 Å². The number of ether oxygens (including phenoxy) is 1. The molecule has 1 aromatic carbocycles. The maximum absolute atomic E-state index is 5.96. The largest absolute Gasteiger partial charge is 0.491 e. The number of halogens is 2. The van der Waals surface area contributed by atoms with Crippen molar-refractivity contribution in [3.8, 4) is 5.75 Å². The SMILES string of the molecule is CCC(CC)(CS)COc1c(Br)cccc1Br. The summed E-state index contributed by atoms with van der Waals surface area (Å²) in [4.78, 5) is 0. The average Bonchev–Trinajstić information content (AvgIpc) is 2.34. The molecule has 0 aliphatic heterocycles. The van der Waals surface area contributed by atoms with Crippen molar-refractivity contribution in [1.82, 2.24) is 0 Å². The highest BCUT2D eigenvalue weighted by Gasteiger charge is 2.26. The second kappa shape index (κ2) is 7.05. The fraction of sp³-hybridized carbons (Fsp3) is 0.538. The summed E-state index contributed by atoms with van der Waals surface area (Å²) >= 11 is 11.5. The van der Waals surface area contributed by atoms with E-state index in [0.29, 0.717) is 6.61 Å². The van der Waals surface area contributed by atoms with Crippen molar-refractivity contribution < 1.29 is 4.74 Å². The summed E-state index contributed by atoms with van der Waals surface area (Å²) in [5, 5.41) is 0. The van der Waals surface area contributed by atoms with E-state index in [-0.39, 0.29) is 5.41 Å². The summed E-state index contributed by atoms with van der Waals surface area (Å²) in [5.41, 5.74) is 0.165. The molecule has 0 saturated carbocycles. The number of benzene rings is 1. The summed E-state index contributed by atoms with van der Waals surface area (Å²) in [5.74, 6) is 1.72. The molecule has 96 valence electrons. The summed E-state index contributed by atoms with van der Waals surface area (Å²) in [6, 6.07) is 5.95. The third-order valence-corrected chi connectivity index (χ3v) is 5.20. The molecule has 0 radical (unpaired) electrons. The monoisotopic (exact) mass is 380 g/mol. The Morgan fingerprint density at radius 3 is 2.12 bits per heavy atom. The van der Waals surface area contributed by atoms with Crippen molar-refractivity contribution in [2.75, 3.05) is 12.4 Å². The lowest BCUT2D eigenvalue weighted by molar-refractivity contribution is 0.155. The lowest BCUT2D eigenvalue weighted by Crippen LogP contribution is -2.29. The number of thiol groups is 1. The lowest BCUT2D eigenvalue weighted by atomic mass is 9.85. The van der Waals surface area contributed by atoms with Crippen molar-refractivity contribution in [3.05, 3.63) is 27.1 Å². The van der Waals surface area contributed by atoms with E-state index in [2.05, 4.69) is 58.3 Å². The van der Waals surface area contributed by atoms with Crippen LogP contribution >= 0.6 is 44.5 Å². The Labute approximate surface area is 126 Å². The van der Waals surface area contributed by atoms with Crippen molar-refractivity contribution in [2.45, 2.75) is 26.7 Å². The van der Waals surface area contributed by atoms with Crippen molar-refractivity contribution in [3.63, 3.8) is 0 Å². The van der Waals surface area contributed by atoms with E-state index in [1.54, 1.807) is 0 Å². The third kappa shape index (κ3) is 3.90. The predicted molar refractivity (Wildman–Crippen MR) is 84.2 cm³/mol. The van der Waals surface area contributed by atoms with Gasteiger partial charge in [0.1, 0.15) is 5.75 Å². The molecule has 0 N–H and O–H groups in total. The van der Waals surface area contributed by atoms with Crippen molar-refractivity contribution in [2.24, 2.45) is 5.41 Å². The van der Waals surface area contributed by atoms with Gasteiger partial charge in [0.15, 0.2) is 0 Å². The van der Waals surface area contributed by atoms with Gasteiger partial charge < -0.3 is 4.74 Å². The van der Waals surface area contributed by atoms with Crippen LogP contribution in [0.25, 0.3) is 0 Å². The zero-order valence-corrected chi connectivity index (χ0v) is 14.2. The summed E-state index contributed by atoms with van der Waals surface area (Å²) in [6.45, 7) is 5.08. The minimum atomic E-state index is 0.165. The Kier molecular flexibility index (Phi) is 6.38. The standard InChI is InChI=1S/C13H18Br2OS/c1-3-13(4-2,9-17)8-16-12-10(14)6-5-7-11(12)15/h5-7,17H,3-4,8-9H2,1-2H3. The molecule has 0 aliphatic carbocycles. The second-order valence-electron chi connectivity index (χ2n) is 4.20. The molecule has 0 fully saturated rings. The topological polar surface area (TPSA) is 9.23 Å². The van der Waals surface area contributed by atoms with Gasteiger partial charge in [-0.2, -0.15) is 12.6 Å². The van der Waals surface area contributed by atoms with E-state index in [4.69, 9.17) is 4.74 Å². The first-order valence-electron chi connectivity index (χ1n) is 5.76. The molecule has 0 spiro atoms. The molecule has 4 heteroatoms. The quantitative estimate of drug-likeness (QED) is 0.655. The lowest BCUT2D eigenvalue weighted by Gasteiger charge is -2.30. The maximum atomic E-state index is 5.96. The van der Waals surface area contributed by atoms with Crippen LogP contribution in [0.2, 0.25) is 0 Å². The van der Waals surface area contributed by atoms with Gasteiger partial charge in [0.05, 0.1) is 15.6 Å². The van der Waals surface area contributed by atoms with Gasteiger partial charge in [-0.3, -0.25) is 0 Å². The zero-order valence-electron chi connectivity index (χ0n) is 10.2. The molecule has 0 amide bonds. The van der Waals surface area contributed by atoms with Crippen LogP contribution in [0.1, 0.15) is 26.7 Å². The van der Waals surface area contributed by atoms with Crippen molar-refractivity contribution >= 4 is 44.5 Å². The molecule has 0 saturated heterocycles. The van der Waals surface area contributed by atoms with Crippen LogP contribution in [0.3, 0.4) is 0 Å². The number of para-hydroxylation sites is 1. The van der Waals surface area contributed by atoms with Crippen molar-refractivity contribution in [1.29, 1.82) is 0 Å². The van der Waals surface area contributed by atoms with E-state index in [0.717, 1.165) is 33.3 Å². The highest BCUT2D eigenvalue weighted by atomic mass is 79.9.